The first-order chi connectivity index (χ1) is 10.6. The summed E-state index contributed by atoms with van der Waals surface area (Å²) in [5.74, 6) is 2.11. The van der Waals surface area contributed by atoms with E-state index in [1.165, 1.54) is 19.3 Å². The van der Waals surface area contributed by atoms with Gasteiger partial charge in [0.1, 0.15) is 0 Å². The maximum atomic E-state index is 12.6. The standard InChI is InChI=1S/C17H32N4O.HI/c1-13(2)11-19-17(18-3)20-15-9-10-21(12-15)16(22)14-7-5-4-6-8-14;/h13-15H,4-12H2,1-3H3,(H2,18,19,20);1H. The number of likely N-dealkylation sites (tertiary alicyclic amines) is 1. The van der Waals surface area contributed by atoms with Gasteiger partial charge in [0, 0.05) is 38.6 Å². The van der Waals surface area contributed by atoms with Gasteiger partial charge in [-0.1, -0.05) is 33.1 Å². The van der Waals surface area contributed by atoms with E-state index in [2.05, 4.69) is 34.4 Å². The Morgan fingerprint density at radius 2 is 1.91 bits per heavy atom. The first-order valence-electron chi connectivity index (χ1n) is 8.86. The molecule has 1 atom stereocenters. The highest BCUT2D eigenvalue weighted by molar-refractivity contribution is 14.0. The van der Waals surface area contributed by atoms with E-state index in [1.807, 2.05) is 0 Å². The number of hydrogen-bond donors (Lipinski definition) is 2. The maximum absolute atomic E-state index is 12.6. The van der Waals surface area contributed by atoms with Gasteiger partial charge in [-0.15, -0.1) is 24.0 Å². The van der Waals surface area contributed by atoms with Crippen LogP contribution in [0.25, 0.3) is 0 Å². The van der Waals surface area contributed by atoms with Crippen molar-refractivity contribution >= 4 is 35.8 Å². The second-order valence-corrected chi connectivity index (χ2v) is 7.10. The number of amides is 1. The third kappa shape index (κ3) is 6.47. The van der Waals surface area contributed by atoms with E-state index < -0.39 is 0 Å². The van der Waals surface area contributed by atoms with Gasteiger partial charge in [-0.3, -0.25) is 9.79 Å². The highest BCUT2D eigenvalue weighted by Crippen LogP contribution is 2.26. The largest absolute Gasteiger partial charge is 0.356 e. The van der Waals surface area contributed by atoms with Crippen LogP contribution in [0.5, 0.6) is 0 Å². The molecule has 1 saturated heterocycles. The van der Waals surface area contributed by atoms with Crippen molar-refractivity contribution in [1.29, 1.82) is 0 Å². The lowest BCUT2D eigenvalue weighted by atomic mass is 9.88. The van der Waals surface area contributed by atoms with Crippen molar-refractivity contribution in [2.75, 3.05) is 26.7 Å². The van der Waals surface area contributed by atoms with Crippen LogP contribution in [0.2, 0.25) is 0 Å². The minimum Gasteiger partial charge on any atom is -0.356 e. The lowest BCUT2D eigenvalue weighted by Crippen LogP contribution is -2.46. The van der Waals surface area contributed by atoms with E-state index in [1.54, 1.807) is 7.05 Å². The van der Waals surface area contributed by atoms with E-state index in [-0.39, 0.29) is 29.9 Å². The summed E-state index contributed by atoms with van der Waals surface area (Å²) < 4.78 is 0. The van der Waals surface area contributed by atoms with Crippen LogP contribution in [0.4, 0.5) is 0 Å². The molecule has 0 aromatic heterocycles. The summed E-state index contributed by atoms with van der Waals surface area (Å²) in [6.07, 6.45) is 6.93. The van der Waals surface area contributed by atoms with Gasteiger partial charge < -0.3 is 15.5 Å². The highest BCUT2D eigenvalue weighted by atomic mass is 127. The predicted molar refractivity (Wildman–Crippen MR) is 106 cm³/mol. The second kappa shape index (κ2) is 10.4. The van der Waals surface area contributed by atoms with Crippen LogP contribution in [0.3, 0.4) is 0 Å². The third-order valence-electron chi connectivity index (χ3n) is 4.70. The van der Waals surface area contributed by atoms with Crippen molar-refractivity contribution in [3.63, 3.8) is 0 Å². The summed E-state index contributed by atoms with van der Waals surface area (Å²) >= 11 is 0. The second-order valence-electron chi connectivity index (χ2n) is 7.10. The number of carbonyl (C=O) groups is 1. The molecule has 1 aliphatic carbocycles. The Kier molecular flexibility index (Phi) is 9.24. The quantitative estimate of drug-likeness (QED) is 0.405. The fourth-order valence-corrected chi connectivity index (χ4v) is 3.37. The Labute approximate surface area is 158 Å². The summed E-state index contributed by atoms with van der Waals surface area (Å²) in [4.78, 5) is 18.9. The van der Waals surface area contributed by atoms with Crippen molar-refractivity contribution in [1.82, 2.24) is 15.5 Å². The van der Waals surface area contributed by atoms with Gasteiger partial charge in [0.05, 0.1) is 0 Å². The molecule has 1 aliphatic heterocycles. The molecular weight excluding hydrogens is 403 g/mol. The molecule has 0 spiro atoms. The average molecular weight is 436 g/mol. The first-order valence-corrected chi connectivity index (χ1v) is 8.86. The fraction of sp³-hybridized carbons (Fsp3) is 0.882. The molecule has 23 heavy (non-hydrogen) atoms. The van der Waals surface area contributed by atoms with Crippen molar-refractivity contribution in [3.8, 4) is 0 Å². The Hall–Kier alpha value is -0.530. The molecule has 0 radical (unpaired) electrons. The van der Waals surface area contributed by atoms with Crippen molar-refractivity contribution in [2.24, 2.45) is 16.8 Å². The number of nitrogens with one attached hydrogen (secondary N) is 2. The fourth-order valence-electron chi connectivity index (χ4n) is 3.37. The molecule has 6 heteroatoms. The number of rotatable bonds is 4. The normalized spacial score (nSPS) is 22.9. The Bertz CT molecular complexity index is 394. The molecular formula is C17H33IN4O. The number of carbonyl (C=O) groups excluding carboxylic acids is 1. The Morgan fingerprint density at radius 1 is 1.22 bits per heavy atom. The molecule has 2 aliphatic rings. The van der Waals surface area contributed by atoms with Crippen LogP contribution < -0.4 is 10.6 Å². The van der Waals surface area contributed by atoms with E-state index in [9.17, 15) is 4.79 Å². The molecule has 0 aromatic rings. The summed E-state index contributed by atoms with van der Waals surface area (Å²) in [7, 11) is 1.80. The van der Waals surface area contributed by atoms with Gasteiger partial charge >= 0.3 is 0 Å². The van der Waals surface area contributed by atoms with Crippen LogP contribution >= 0.6 is 24.0 Å². The van der Waals surface area contributed by atoms with E-state index in [0.29, 0.717) is 17.9 Å². The van der Waals surface area contributed by atoms with E-state index >= 15 is 0 Å². The van der Waals surface area contributed by atoms with E-state index in [0.717, 1.165) is 44.9 Å². The predicted octanol–water partition coefficient (Wildman–Crippen LogP) is 2.61. The Morgan fingerprint density at radius 3 is 2.52 bits per heavy atom. The van der Waals surface area contributed by atoms with Crippen LogP contribution in [0.1, 0.15) is 52.4 Å². The molecule has 1 amide bonds. The smallest absolute Gasteiger partial charge is 0.225 e. The van der Waals surface area contributed by atoms with Crippen LogP contribution in [0.15, 0.2) is 4.99 Å². The summed E-state index contributed by atoms with van der Waals surface area (Å²) in [6, 6.07) is 0.325. The van der Waals surface area contributed by atoms with Crippen molar-refractivity contribution < 1.29 is 4.79 Å². The van der Waals surface area contributed by atoms with Gasteiger partial charge in [0.25, 0.3) is 0 Å². The highest BCUT2D eigenvalue weighted by Gasteiger charge is 2.31. The minimum absolute atomic E-state index is 0. The summed E-state index contributed by atoms with van der Waals surface area (Å²) in [5, 5.41) is 6.79. The zero-order chi connectivity index (χ0) is 15.9. The van der Waals surface area contributed by atoms with Gasteiger partial charge in [-0.2, -0.15) is 0 Å². The zero-order valence-corrected chi connectivity index (χ0v) is 17.1. The topological polar surface area (TPSA) is 56.7 Å². The molecule has 1 heterocycles. The molecule has 5 nitrogen and oxygen atoms in total. The number of nitrogens with zero attached hydrogens (tertiary/aromatic N) is 2. The average Bonchev–Trinajstić information content (AvgIpc) is 3.00. The summed E-state index contributed by atoms with van der Waals surface area (Å²) in [5.41, 5.74) is 0. The lowest BCUT2D eigenvalue weighted by Gasteiger charge is -2.26. The first kappa shape index (κ1) is 20.5. The van der Waals surface area contributed by atoms with Crippen molar-refractivity contribution in [3.05, 3.63) is 0 Å². The number of aliphatic imine (C=N–C) groups is 1. The van der Waals surface area contributed by atoms with Gasteiger partial charge in [0.2, 0.25) is 5.91 Å². The van der Waals surface area contributed by atoms with Gasteiger partial charge in [-0.25, -0.2) is 0 Å². The zero-order valence-electron chi connectivity index (χ0n) is 14.8. The molecule has 1 saturated carbocycles. The molecule has 2 fully saturated rings. The Balaban J connectivity index is 0.00000264. The molecule has 0 bridgehead atoms. The van der Waals surface area contributed by atoms with Crippen molar-refractivity contribution in [2.45, 2.75) is 58.4 Å². The lowest BCUT2D eigenvalue weighted by molar-refractivity contribution is -0.135. The molecule has 0 aromatic carbocycles. The summed E-state index contributed by atoms with van der Waals surface area (Å²) in [6.45, 7) is 6.98. The maximum Gasteiger partial charge on any atom is 0.225 e. The van der Waals surface area contributed by atoms with Gasteiger partial charge in [-0.05, 0) is 25.2 Å². The number of hydrogen-bond acceptors (Lipinski definition) is 2. The number of halogens is 1. The number of guanidine groups is 1. The molecule has 1 unspecified atom stereocenters. The van der Waals surface area contributed by atoms with Gasteiger partial charge in [0.15, 0.2) is 5.96 Å². The monoisotopic (exact) mass is 436 g/mol. The SMILES string of the molecule is CN=C(NCC(C)C)NC1CCN(C(=O)C2CCCCC2)C1.I. The minimum atomic E-state index is 0. The van der Waals surface area contributed by atoms with Crippen LogP contribution in [-0.2, 0) is 4.79 Å². The van der Waals surface area contributed by atoms with Crippen LogP contribution in [-0.4, -0.2) is 49.5 Å². The van der Waals surface area contributed by atoms with Crippen LogP contribution in [0, 0.1) is 11.8 Å². The van der Waals surface area contributed by atoms with E-state index in [4.69, 9.17) is 0 Å². The third-order valence-corrected chi connectivity index (χ3v) is 4.70. The molecule has 2 rings (SSSR count). The molecule has 134 valence electrons. The molecule has 2 N–H and O–H groups in total.